The zero-order chi connectivity index (χ0) is 21.7. The van der Waals surface area contributed by atoms with Crippen molar-refractivity contribution in [3.8, 4) is 5.75 Å². The number of para-hydroxylation sites is 1. The van der Waals surface area contributed by atoms with Crippen molar-refractivity contribution in [2.24, 2.45) is 5.92 Å². The number of aliphatic carboxylic acids is 1. The van der Waals surface area contributed by atoms with Crippen molar-refractivity contribution in [2.75, 3.05) is 7.11 Å². The first kappa shape index (κ1) is 21.5. The molecule has 4 atom stereocenters. The van der Waals surface area contributed by atoms with Gasteiger partial charge in [-0.05, 0) is 17.7 Å². The number of hydrogen-bond donors (Lipinski definition) is 3. The number of hydrogen-bond acceptors (Lipinski definition) is 6. The van der Waals surface area contributed by atoms with Gasteiger partial charge in [0.05, 0.1) is 36.4 Å². The van der Waals surface area contributed by atoms with E-state index < -0.39 is 41.7 Å². The van der Waals surface area contributed by atoms with Gasteiger partial charge in [-0.1, -0.05) is 48.5 Å². The highest BCUT2D eigenvalue weighted by Crippen LogP contribution is 2.37. The van der Waals surface area contributed by atoms with Crippen LogP contribution in [0.2, 0.25) is 0 Å². The molecule has 158 valence electrons. The van der Waals surface area contributed by atoms with Gasteiger partial charge in [-0.25, -0.2) is 9.59 Å². The first-order valence-corrected chi connectivity index (χ1v) is 9.59. The SMILES string of the molecule is COC(=O)C1=C(C(=O)O)C(O)CC(O)C1C(Cc1ccccc1)Oc1ccccc1. The largest absolute Gasteiger partial charge is 0.489 e. The molecular weight excluding hydrogens is 388 g/mol. The second-order valence-electron chi connectivity index (χ2n) is 7.13. The number of aliphatic hydroxyl groups excluding tert-OH is 2. The number of carbonyl (C=O) groups is 2. The molecule has 0 spiro atoms. The van der Waals surface area contributed by atoms with Gasteiger partial charge in [0.2, 0.25) is 0 Å². The third-order valence-electron chi connectivity index (χ3n) is 5.18. The maximum atomic E-state index is 12.6. The maximum Gasteiger partial charge on any atom is 0.334 e. The van der Waals surface area contributed by atoms with E-state index >= 15 is 0 Å². The summed E-state index contributed by atoms with van der Waals surface area (Å²) >= 11 is 0. The van der Waals surface area contributed by atoms with Gasteiger partial charge in [0.25, 0.3) is 0 Å². The first-order chi connectivity index (χ1) is 14.4. The Bertz CT molecular complexity index is 866. The fourth-order valence-corrected chi connectivity index (χ4v) is 3.85. The van der Waals surface area contributed by atoms with E-state index in [1.54, 1.807) is 24.3 Å². The molecule has 7 heteroatoms. The molecule has 0 saturated carbocycles. The number of carboxylic acid groups (broad SMARTS) is 1. The Labute approximate surface area is 174 Å². The Balaban J connectivity index is 2.10. The number of aliphatic hydroxyl groups is 2. The molecular formula is C23H24O7. The maximum absolute atomic E-state index is 12.6. The fourth-order valence-electron chi connectivity index (χ4n) is 3.85. The quantitative estimate of drug-likeness (QED) is 0.596. The molecule has 0 heterocycles. The normalized spacial score (nSPS) is 22.3. The van der Waals surface area contributed by atoms with Crippen molar-refractivity contribution < 1.29 is 34.4 Å². The summed E-state index contributed by atoms with van der Waals surface area (Å²) in [4.78, 5) is 24.4. The lowest BCUT2D eigenvalue weighted by Crippen LogP contribution is -2.47. The van der Waals surface area contributed by atoms with E-state index in [0.717, 1.165) is 12.7 Å². The Hall–Kier alpha value is -3.16. The molecule has 7 nitrogen and oxygen atoms in total. The van der Waals surface area contributed by atoms with Gasteiger partial charge in [0.15, 0.2) is 0 Å². The molecule has 4 unspecified atom stereocenters. The minimum absolute atomic E-state index is 0.226. The van der Waals surface area contributed by atoms with Gasteiger partial charge in [0, 0.05) is 12.8 Å². The number of rotatable bonds is 7. The van der Waals surface area contributed by atoms with Crippen LogP contribution in [0.3, 0.4) is 0 Å². The smallest absolute Gasteiger partial charge is 0.334 e. The summed E-state index contributed by atoms with van der Waals surface area (Å²) in [5, 5.41) is 30.7. The van der Waals surface area contributed by atoms with Crippen LogP contribution in [0.25, 0.3) is 0 Å². The number of ether oxygens (including phenoxy) is 2. The molecule has 2 aromatic carbocycles. The molecule has 0 aliphatic heterocycles. The van der Waals surface area contributed by atoms with Crippen molar-refractivity contribution >= 4 is 11.9 Å². The zero-order valence-electron chi connectivity index (χ0n) is 16.5. The molecule has 0 saturated heterocycles. The van der Waals surface area contributed by atoms with Crippen LogP contribution < -0.4 is 4.74 Å². The lowest BCUT2D eigenvalue weighted by molar-refractivity contribution is -0.142. The number of carbonyl (C=O) groups excluding carboxylic acids is 1. The van der Waals surface area contributed by atoms with E-state index in [2.05, 4.69) is 0 Å². The summed E-state index contributed by atoms with van der Waals surface area (Å²) in [6, 6.07) is 18.2. The highest BCUT2D eigenvalue weighted by Gasteiger charge is 2.46. The van der Waals surface area contributed by atoms with E-state index in [0.29, 0.717) is 12.2 Å². The molecule has 2 aromatic rings. The van der Waals surface area contributed by atoms with Crippen LogP contribution >= 0.6 is 0 Å². The Morgan fingerprint density at radius 3 is 2.17 bits per heavy atom. The van der Waals surface area contributed by atoms with Gasteiger partial charge in [-0.2, -0.15) is 0 Å². The molecule has 1 aliphatic carbocycles. The van der Waals surface area contributed by atoms with Gasteiger partial charge in [0.1, 0.15) is 11.9 Å². The van der Waals surface area contributed by atoms with Gasteiger partial charge < -0.3 is 24.8 Å². The minimum Gasteiger partial charge on any atom is -0.489 e. The van der Waals surface area contributed by atoms with Crippen molar-refractivity contribution in [1.82, 2.24) is 0 Å². The lowest BCUT2D eigenvalue weighted by Gasteiger charge is -2.37. The predicted molar refractivity (Wildman–Crippen MR) is 108 cm³/mol. The molecule has 3 N–H and O–H groups in total. The van der Waals surface area contributed by atoms with E-state index in [4.69, 9.17) is 9.47 Å². The van der Waals surface area contributed by atoms with Crippen molar-refractivity contribution in [3.05, 3.63) is 77.4 Å². The molecule has 0 fully saturated rings. The van der Waals surface area contributed by atoms with Crippen LogP contribution in [-0.4, -0.2) is 52.7 Å². The average molecular weight is 412 g/mol. The molecule has 3 rings (SSSR count). The predicted octanol–water partition coefficient (Wildman–Crippen LogP) is 1.97. The summed E-state index contributed by atoms with van der Waals surface area (Å²) in [7, 11) is 1.13. The topological polar surface area (TPSA) is 113 Å². The van der Waals surface area contributed by atoms with Crippen LogP contribution in [-0.2, 0) is 20.7 Å². The summed E-state index contributed by atoms with van der Waals surface area (Å²) in [5.41, 5.74) is 0.151. The molecule has 0 aromatic heterocycles. The first-order valence-electron chi connectivity index (χ1n) is 9.59. The minimum atomic E-state index is -1.49. The van der Waals surface area contributed by atoms with Crippen LogP contribution in [0.1, 0.15) is 12.0 Å². The summed E-state index contributed by atoms with van der Waals surface area (Å²) in [5.74, 6) is -2.84. The highest BCUT2D eigenvalue weighted by atomic mass is 16.5. The standard InChI is InChI=1S/C23H24O7/c1-29-23(28)21-19(16(24)13-17(25)20(21)22(26)27)18(12-14-8-4-2-5-9-14)30-15-10-6-3-7-11-15/h2-11,16-19,24-25H,12-13H2,1H3,(H,26,27). The van der Waals surface area contributed by atoms with Crippen LogP contribution in [0.15, 0.2) is 71.8 Å². The van der Waals surface area contributed by atoms with Crippen LogP contribution in [0.5, 0.6) is 5.75 Å². The van der Waals surface area contributed by atoms with E-state index in [1.165, 1.54) is 0 Å². The van der Waals surface area contributed by atoms with Crippen molar-refractivity contribution in [3.63, 3.8) is 0 Å². The third kappa shape index (κ3) is 4.69. The number of esters is 1. The highest BCUT2D eigenvalue weighted by molar-refractivity contribution is 6.01. The van der Waals surface area contributed by atoms with Gasteiger partial charge >= 0.3 is 11.9 Å². The Kier molecular flexibility index (Phi) is 6.87. The Morgan fingerprint density at radius 2 is 1.60 bits per heavy atom. The lowest BCUT2D eigenvalue weighted by atomic mass is 9.74. The molecule has 1 aliphatic rings. The third-order valence-corrected chi connectivity index (χ3v) is 5.18. The van der Waals surface area contributed by atoms with Gasteiger partial charge in [-0.3, -0.25) is 0 Å². The van der Waals surface area contributed by atoms with Crippen molar-refractivity contribution in [2.45, 2.75) is 31.2 Å². The monoisotopic (exact) mass is 412 g/mol. The molecule has 0 amide bonds. The average Bonchev–Trinajstić information content (AvgIpc) is 2.73. The Morgan fingerprint density at radius 1 is 1.00 bits per heavy atom. The van der Waals surface area contributed by atoms with E-state index in [1.807, 2.05) is 36.4 Å². The summed E-state index contributed by atoms with van der Waals surface area (Å²) in [6.07, 6.45) is -3.38. The number of carboxylic acids is 1. The molecule has 30 heavy (non-hydrogen) atoms. The van der Waals surface area contributed by atoms with Crippen LogP contribution in [0.4, 0.5) is 0 Å². The second kappa shape index (κ2) is 9.56. The summed E-state index contributed by atoms with van der Waals surface area (Å²) in [6.45, 7) is 0. The van der Waals surface area contributed by atoms with Gasteiger partial charge in [-0.15, -0.1) is 0 Å². The number of benzene rings is 2. The fraction of sp³-hybridized carbons (Fsp3) is 0.304. The number of methoxy groups -OCH3 is 1. The van der Waals surface area contributed by atoms with Crippen molar-refractivity contribution in [1.29, 1.82) is 0 Å². The molecule has 0 radical (unpaired) electrons. The summed E-state index contributed by atoms with van der Waals surface area (Å²) < 4.78 is 10.9. The molecule has 0 bridgehead atoms. The van der Waals surface area contributed by atoms with E-state index in [-0.39, 0.29) is 12.0 Å². The van der Waals surface area contributed by atoms with E-state index in [9.17, 15) is 24.9 Å². The van der Waals surface area contributed by atoms with Crippen LogP contribution in [0, 0.1) is 5.92 Å². The zero-order valence-corrected chi connectivity index (χ0v) is 16.5. The second-order valence-corrected chi connectivity index (χ2v) is 7.13.